The van der Waals surface area contributed by atoms with Crippen LogP contribution in [0.25, 0.3) is 0 Å². The zero-order chi connectivity index (χ0) is 12.1. The number of amides is 1. The van der Waals surface area contributed by atoms with Crippen LogP contribution in [0.3, 0.4) is 0 Å². The van der Waals surface area contributed by atoms with Crippen LogP contribution in [0.2, 0.25) is 10.0 Å². The molecular weight excluding hydrogens is 251 g/mol. The summed E-state index contributed by atoms with van der Waals surface area (Å²) in [7, 11) is 0. The molecule has 0 aliphatic rings. The number of aliphatic hydroxyl groups is 1. The predicted octanol–water partition coefficient (Wildman–Crippen LogP) is 2.29. The average molecular weight is 263 g/mol. The Hall–Kier alpha value is -0.970. The number of hydrogen-bond donors (Lipinski definition) is 3. The molecule has 16 heavy (non-hydrogen) atoms. The van der Waals surface area contributed by atoms with E-state index in [2.05, 4.69) is 5.32 Å². The van der Waals surface area contributed by atoms with Gasteiger partial charge in [-0.15, -0.1) is 0 Å². The van der Waals surface area contributed by atoms with Crippen LogP contribution < -0.4 is 11.1 Å². The van der Waals surface area contributed by atoms with E-state index in [1.165, 1.54) is 12.1 Å². The Bertz CT molecular complexity index is 373. The largest absolute Gasteiger partial charge is 0.397 e. The number of benzene rings is 1. The van der Waals surface area contributed by atoms with Crippen LogP contribution in [-0.4, -0.2) is 17.6 Å². The topological polar surface area (TPSA) is 75.3 Å². The Balaban J connectivity index is 2.77. The normalized spacial score (nSPS) is 10.2. The second-order valence-electron chi connectivity index (χ2n) is 3.23. The predicted molar refractivity (Wildman–Crippen MR) is 65.8 cm³/mol. The number of nitrogens with one attached hydrogen (secondary N) is 1. The smallest absolute Gasteiger partial charge is 0.224 e. The number of carbonyl (C=O) groups excluding carboxylic acids is 1. The molecule has 0 aliphatic carbocycles. The molecule has 0 saturated heterocycles. The highest BCUT2D eigenvalue weighted by molar-refractivity contribution is 6.37. The van der Waals surface area contributed by atoms with Gasteiger partial charge >= 0.3 is 0 Å². The highest BCUT2D eigenvalue weighted by atomic mass is 35.5. The van der Waals surface area contributed by atoms with Crippen LogP contribution >= 0.6 is 23.2 Å². The lowest BCUT2D eigenvalue weighted by molar-refractivity contribution is -0.116. The van der Waals surface area contributed by atoms with Gasteiger partial charge in [0.25, 0.3) is 0 Å². The molecule has 88 valence electrons. The van der Waals surface area contributed by atoms with E-state index < -0.39 is 0 Å². The standard InChI is InChI=1S/C10H12Cl2N2O2/c11-6-4-7(12)10(8(13)5-6)14-9(16)2-1-3-15/h4-5,15H,1-3,13H2,(H,14,16). The van der Waals surface area contributed by atoms with Gasteiger partial charge in [-0.05, 0) is 18.6 Å². The van der Waals surface area contributed by atoms with Crippen LogP contribution in [-0.2, 0) is 4.79 Å². The Morgan fingerprint density at radius 1 is 1.44 bits per heavy atom. The molecule has 1 amide bonds. The number of anilines is 2. The summed E-state index contributed by atoms with van der Waals surface area (Å²) in [6.45, 7) is -0.0305. The fourth-order valence-corrected chi connectivity index (χ4v) is 1.72. The molecule has 1 rings (SSSR count). The average Bonchev–Trinajstić information content (AvgIpc) is 2.20. The quantitative estimate of drug-likeness (QED) is 0.729. The van der Waals surface area contributed by atoms with Crippen LogP contribution in [0, 0.1) is 0 Å². The van der Waals surface area contributed by atoms with Crippen molar-refractivity contribution in [3.8, 4) is 0 Å². The molecule has 0 atom stereocenters. The second-order valence-corrected chi connectivity index (χ2v) is 4.07. The number of carbonyl (C=O) groups is 1. The van der Waals surface area contributed by atoms with Crippen LogP contribution in [0.4, 0.5) is 11.4 Å². The van der Waals surface area contributed by atoms with E-state index >= 15 is 0 Å². The van der Waals surface area contributed by atoms with E-state index in [1.54, 1.807) is 0 Å². The number of nitrogen functional groups attached to an aromatic ring is 1. The molecule has 0 unspecified atom stereocenters. The van der Waals surface area contributed by atoms with Gasteiger partial charge in [-0.2, -0.15) is 0 Å². The SMILES string of the molecule is Nc1cc(Cl)cc(Cl)c1NC(=O)CCCO. The Labute approximate surface area is 103 Å². The maximum Gasteiger partial charge on any atom is 0.224 e. The van der Waals surface area contributed by atoms with E-state index in [0.717, 1.165) is 0 Å². The second kappa shape index (κ2) is 5.94. The van der Waals surface area contributed by atoms with Crippen molar-refractivity contribution in [1.29, 1.82) is 0 Å². The number of aliphatic hydroxyl groups excluding tert-OH is 1. The first-order chi connectivity index (χ1) is 7.54. The number of hydrogen-bond acceptors (Lipinski definition) is 3. The van der Waals surface area contributed by atoms with Gasteiger partial charge < -0.3 is 16.2 Å². The summed E-state index contributed by atoms with van der Waals surface area (Å²) in [5, 5.41) is 11.9. The zero-order valence-corrected chi connectivity index (χ0v) is 9.98. The molecule has 4 nitrogen and oxygen atoms in total. The Kier molecular flexibility index (Phi) is 4.86. The minimum Gasteiger partial charge on any atom is -0.397 e. The number of halogens is 2. The minimum absolute atomic E-state index is 0.0305. The maximum atomic E-state index is 11.4. The molecule has 0 heterocycles. The summed E-state index contributed by atoms with van der Waals surface area (Å²) in [6.07, 6.45) is 0.617. The lowest BCUT2D eigenvalue weighted by atomic mass is 10.2. The number of nitrogens with two attached hydrogens (primary N) is 1. The van der Waals surface area contributed by atoms with Crippen molar-refractivity contribution in [2.75, 3.05) is 17.7 Å². The zero-order valence-electron chi connectivity index (χ0n) is 8.46. The van der Waals surface area contributed by atoms with E-state index in [-0.39, 0.29) is 18.9 Å². The Morgan fingerprint density at radius 3 is 2.69 bits per heavy atom. The van der Waals surface area contributed by atoms with Gasteiger partial charge in [0.05, 0.1) is 16.4 Å². The minimum atomic E-state index is -0.245. The van der Waals surface area contributed by atoms with Crippen molar-refractivity contribution < 1.29 is 9.90 Å². The maximum absolute atomic E-state index is 11.4. The van der Waals surface area contributed by atoms with E-state index in [0.29, 0.717) is 27.8 Å². The molecule has 0 saturated carbocycles. The van der Waals surface area contributed by atoms with Crippen molar-refractivity contribution in [2.24, 2.45) is 0 Å². The lowest BCUT2D eigenvalue weighted by Crippen LogP contribution is -2.13. The molecule has 1 aromatic rings. The van der Waals surface area contributed by atoms with Crippen molar-refractivity contribution in [3.63, 3.8) is 0 Å². The lowest BCUT2D eigenvalue weighted by Gasteiger charge is -2.10. The highest BCUT2D eigenvalue weighted by Gasteiger charge is 2.10. The first kappa shape index (κ1) is 13.1. The van der Waals surface area contributed by atoms with Crippen LogP contribution in [0.15, 0.2) is 12.1 Å². The summed E-state index contributed by atoms with van der Waals surface area (Å²) < 4.78 is 0. The molecule has 1 aromatic carbocycles. The monoisotopic (exact) mass is 262 g/mol. The first-order valence-corrected chi connectivity index (χ1v) is 5.45. The molecule has 0 aliphatic heterocycles. The first-order valence-electron chi connectivity index (χ1n) is 4.70. The van der Waals surface area contributed by atoms with Crippen LogP contribution in [0.1, 0.15) is 12.8 Å². The van der Waals surface area contributed by atoms with E-state index in [4.69, 9.17) is 34.0 Å². The summed E-state index contributed by atoms with van der Waals surface area (Å²) in [5.41, 5.74) is 6.34. The van der Waals surface area contributed by atoms with Gasteiger partial charge in [0.2, 0.25) is 5.91 Å². The third-order valence-electron chi connectivity index (χ3n) is 1.91. The van der Waals surface area contributed by atoms with Crippen molar-refractivity contribution in [3.05, 3.63) is 22.2 Å². The van der Waals surface area contributed by atoms with E-state index in [1.807, 2.05) is 0 Å². The van der Waals surface area contributed by atoms with E-state index in [9.17, 15) is 4.79 Å². The summed E-state index contributed by atoms with van der Waals surface area (Å²) in [5.74, 6) is -0.245. The van der Waals surface area contributed by atoms with Crippen molar-refractivity contribution >= 4 is 40.5 Å². The Morgan fingerprint density at radius 2 is 2.12 bits per heavy atom. The third kappa shape index (κ3) is 3.56. The third-order valence-corrected chi connectivity index (χ3v) is 2.43. The molecule has 0 bridgehead atoms. The van der Waals surface area contributed by atoms with Gasteiger partial charge in [-0.1, -0.05) is 23.2 Å². The fourth-order valence-electron chi connectivity index (χ4n) is 1.17. The summed E-state index contributed by atoms with van der Waals surface area (Å²) in [6, 6.07) is 3.01. The molecule has 0 spiro atoms. The molecule has 6 heteroatoms. The van der Waals surface area contributed by atoms with Gasteiger partial charge in [-0.25, -0.2) is 0 Å². The molecule has 4 N–H and O–H groups in total. The molecule has 0 fully saturated rings. The van der Waals surface area contributed by atoms with Gasteiger partial charge in [0.1, 0.15) is 0 Å². The van der Waals surface area contributed by atoms with Gasteiger partial charge in [0, 0.05) is 18.1 Å². The van der Waals surface area contributed by atoms with Gasteiger partial charge in [0.15, 0.2) is 0 Å². The number of rotatable bonds is 4. The van der Waals surface area contributed by atoms with Crippen LogP contribution in [0.5, 0.6) is 0 Å². The van der Waals surface area contributed by atoms with Gasteiger partial charge in [-0.3, -0.25) is 4.79 Å². The molecule has 0 radical (unpaired) electrons. The fraction of sp³-hybridized carbons (Fsp3) is 0.300. The summed E-state index contributed by atoms with van der Waals surface area (Å²) >= 11 is 11.6. The van der Waals surface area contributed by atoms with Crippen molar-refractivity contribution in [2.45, 2.75) is 12.8 Å². The molecular formula is C10H12Cl2N2O2. The van der Waals surface area contributed by atoms with Crippen molar-refractivity contribution in [1.82, 2.24) is 0 Å². The summed E-state index contributed by atoms with van der Waals surface area (Å²) in [4.78, 5) is 11.4. The highest BCUT2D eigenvalue weighted by Crippen LogP contribution is 2.32. The molecule has 0 aromatic heterocycles.